The third-order valence-corrected chi connectivity index (χ3v) is 4.11. The Kier molecular flexibility index (Phi) is 5.63. The second kappa shape index (κ2) is 7.94. The maximum Gasteiger partial charge on any atom is 0.230 e. The van der Waals surface area contributed by atoms with Crippen LogP contribution in [0.3, 0.4) is 0 Å². The van der Waals surface area contributed by atoms with Crippen LogP contribution in [0.15, 0.2) is 12.4 Å². The summed E-state index contributed by atoms with van der Waals surface area (Å²) < 4.78 is 12.3. The van der Waals surface area contributed by atoms with E-state index in [1.54, 1.807) is 6.07 Å². The van der Waals surface area contributed by atoms with E-state index < -0.39 is 5.41 Å². The minimum absolute atomic E-state index is 0.0924. The first-order valence-corrected chi connectivity index (χ1v) is 8.95. The number of amides is 1. The summed E-state index contributed by atoms with van der Waals surface area (Å²) in [4.78, 5) is 20.5. The zero-order valence-corrected chi connectivity index (χ0v) is 15.8. The van der Waals surface area contributed by atoms with Gasteiger partial charge in [-0.15, -0.1) is 0 Å². The van der Waals surface area contributed by atoms with Crippen LogP contribution in [0.25, 0.3) is 11.4 Å². The lowest BCUT2D eigenvalue weighted by Crippen LogP contribution is -2.27. The van der Waals surface area contributed by atoms with Gasteiger partial charge in [0.25, 0.3) is 0 Å². The molecule has 8 nitrogen and oxygen atoms in total. The topological polar surface area (TPSA) is 98.5 Å². The highest BCUT2D eigenvalue weighted by Gasteiger charge is 2.24. The molecule has 144 valence electrons. The number of aromatic hydroxyl groups is 1. The van der Waals surface area contributed by atoms with Crippen molar-refractivity contribution in [3.63, 3.8) is 0 Å². The number of hydrogen-bond donors (Lipinski definition) is 2. The minimum Gasteiger partial charge on any atom is -0.493 e. The Balaban J connectivity index is 1.69. The van der Waals surface area contributed by atoms with Gasteiger partial charge < -0.3 is 19.9 Å². The van der Waals surface area contributed by atoms with E-state index in [1.165, 1.54) is 10.9 Å². The number of ether oxygens (including phenoxy) is 2. The van der Waals surface area contributed by atoms with Crippen molar-refractivity contribution in [2.45, 2.75) is 46.3 Å². The first-order valence-electron chi connectivity index (χ1n) is 8.95. The number of fused-ring (bicyclic) bond motifs is 1. The van der Waals surface area contributed by atoms with Gasteiger partial charge >= 0.3 is 0 Å². The lowest BCUT2D eigenvalue weighted by molar-refractivity contribution is -0.154. The molecule has 3 aliphatic rings. The van der Waals surface area contributed by atoms with E-state index >= 15 is 0 Å². The fraction of sp³-hybridized carbons (Fsp3) is 0.526. The molecule has 0 spiro atoms. The SMILES string of the molecule is CC(C)(C)C(=O)Nc1cc2c(O)n(C#CCOC3CCCCO3)cnc-2n1. The second-order valence-corrected chi connectivity index (χ2v) is 7.42. The van der Waals surface area contributed by atoms with Gasteiger partial charge in [-0.1, -0.05) is 26.7 Å². The first kappa shape index (κ1) is 19.1. The Labute approximate surface area is 158 Å². The van der Waals surface area contributed by atoms with E-state index in [2.05, 4.69) is 27.2 Å². The van der Waals surface area contributed by atoms with Crippen molar-refractivity contribution in [1.82, 2.24) is 14.5 Å². The molecule has 0 aromatic rings. The summed E-state index contributed by atoms with van der Waals surface area (Å²) in [6.45, 7) is 6.34. The van der Waals surface area contributed by atoms with Crippen LogP contribution in [0.1, 0.15) is 40.0 Å². The third kappa shape index (κ3) is 4.76. The fourth-order valence-electron chi connectivity index (χ4n) is 2.51. The quantitative estimate of drug-likeness (QED) is 0.803. The highest BCUT2D eigenvalue weighted by Crippen LogP contribution is 2.31. The average molecular weight is 372 g/mol. The average Bonchev–Trinajstić information content (AvgIpc) is 3.04. The number of hydrogen-bond acceptors (Lipinski definition) is 6. The van der Waals surface area contributed by atoms with Gasteiger partial charge in [0.1, 0.15) is 18.8 Å². The summed E-state index contributed by atoms with van der Waals surface area (Å²) in [5.41, 5.74) is -0.138. The van der Waals surface area contributed by atoms with Crippen LogP contribution in [0.2, 0.25) is 0 Å². The Hall–Kier alpha value is -2.63. The third-order valence-electron chi connectivity index (χ3n) is 4.11. The molecule has 0 radical (unpaired) electrons. The van der Waals surface area contributed by atoms with E-state index in [0.29, 0.717) is 23.8 Å². The van der Waals surface area contributed by atoms with Crippen LogP contribution in [-0.2, 0) is 14.3 Å². The molecule has 1 fully saturated rings. The summed E-state index contributed by atoms with van der Waals surface area (Å²) in [5.74, 6) is 3.25. The van der Waals surface area contributed by atoms with Crippen LogP contribution >= 0.6 is 0 Å². The standard InChI is InChI=1S/C19H24N4O4/c1-19(2,3)18(25)22-14-11-13-16(21-14)20-12-23(17(13)24)8-6-10-27-15-7-4-5-9-26-15/h11-12,15,24H,4-5,7,9-10H2,1-3H3,(H,22,25). The molecule has 0 saturated carbocycles. The van der Waals surface area contributed by atoms with Crippen LogP contribution in [0.5, 0.6) is 5.88 Å². The van der Waals surface area contributed by atoms with Gasteiger partial charge in [0.15, 0.2) is 12.1 Å². The summed E-state index contributed by atoms with van der Waals surface area (Å²) >= 11 is 0. The number of nitrogens with one attached hydrogen (secondary N) is 1. The number of aromatic nitrogens is 3. The van der Waals surface area contributed by atoms with Gasteiger partial charge in [0.2, 0.25) is 11.8 Å². The largest absolute Gasteiger partial charge is 0.493 e. The molecular formula is C19H24N4O4. The van der Waals surface area contributed by atoms with E-state index in [4.69, 9.17) is 9.47 Å². The highest BCUT2D eigenvalue weighted by atomic mass is 16.7. The monoisotopic (exact) mass is 372 g/mol. The molecule has 0 aromatic carbocycles. The van der Waals surface area contributed by atoms with E-state index in [9.17, 15) is 9.90 Å². The molecule has 8 heteroatoms. The maximum atomic E-state index is 12.1. The Morgan fingerprint density at radius 2 is 2.30 bits per heavy atom. The van der Waals surface area contributed by atoms with Gasteiger partial charge in [-0.25, -0.2) is 14.5 Å². The summed E-state index contributed by atoms with van der Waals surface area (Å²) in [6, 6.07) is 4.35. The second-order valence-electron chi connectivity index (χ2n) is 7.42. The van der Waals surface area contributed by atoms with Crippen molar-refractivity contribution >= 4 is 11.7 Å². The van der Waals surface area contributed by atoms with Crippen molar-refractivity contribution in [2.75, 3.05) is 18.5 Å². The predicted octanol–water partition coefficient (Wildman–Crippen LogP) is 2.43. The minimum atomic E-state index is -0.548. The van der Waals surface area contributed by atoms with E-state index in [0.717, 1.165) is 19.3 Å². The van der Waals surface area contributed by atoms with E-state index in [-0.39, 0.29) is 24.7 Å². The smallest absolute Gasteiger partial charge is 0.230 e. The van der Waals surface area contributed by atoms with E-state index in [1.807, 2.05) is 20.8 Å². The van der Waals surface area contributed by atoms with Crippen molar-refractivity contribution < 1.29 is 19.4 Å². The molecule has 3 heterocycles. The molecule has 0 aliphatic carbocycles. The molecule has 0 bridgehead atoms. The summed E-state index contributed by atoms with van der Waals surface area (Å²) in [6.07, 6.45) is 4.19. The lowest BCUT2D eigenvalue weighted by atomic mass is 9.96. The summed E-state index contributed by atoms with van der Waals surface area (Å²) in [7, 11) is 0. The molecule has 0 aromatic heterocycles. The van der Waals surface area contributed by atoms with Crippen LogP contribution in [0, 0.1) is 17.4 Å². The highest BCUT2D eigenvalue weighted by molar-refractivity contribution is 5.94. The van der Waals surface area contributed by atoms with Gasteiger partial charge in [0.05, 0.1) is 5.56 Å². The molecule has 1 amide bonds. The van der Waals surface area contributed by atoms with Gasteiger partial charge in [0, 0.05) is 18.1 Å². The maximum absolute atomic E-state index is 12.1. The molecule has 2 N–H and O–H groups in total. The molecule has 3 aliphatic heterocycles. The zero-order valence-electron chi connectivity index (χ0n) is 15.8. The zero-order chi connectivity index (χ0) is 19.4. The number of rotatable bonds is 3. The summed E-state index contributed by atoms with van der Waals surface area (Å²) in [5, 5.41) is 13.1. The fourth-order valence-corrected chi connectivity index (χ4v) is 2.51. The molecule has 3 rings (SSSR count). The van der Waals surface area contributed by atoms with Crippen molar-refractivity contribution in [3.05, 3.63) is 12.4 Å². The molecule has 1 unspecified atom stereocenters. The van der Waals surface area contributed by atoms with Crippen molar-refractivity contribution in [3.8, 4) is 29.2 Å². The molecule has 27 heavy (non-hydrogen) atoms. The first-order chi connectivity index (χ1) is 12.8. The molecule has 1 atom stereocenters. The van der Waals surface area contributed by atoms with Crippen LogP contribution in [-0.4, -0.2) is 45.1 Å². The Morgan fingerprint density at radius 1 is 1.48 bits per heavy atom. The van der Waals surface area contributed by atoms with Gasteiger partial charge in [-0.05, 0) is 25.3 Å². The van der Waals surface area contributed by atoms with Crippen LogP contribution in [0.4, 0.5) is 5.82 Å². The Morgan fingerprint density at radius 3 is 3.00 bits per heavy atom. The normalized spacial score (nSPS) is 17.4. The number of anilines is 1. The van der Waals surface area contributed by atoms with Crippen molar-refractivity contribution in [1.29, 1.82) is 0 Å². The number of carbonyl (C=O) groups is 1. The van der Waals surface area contributed by atoms with Crippen molar-refractivity contribution in [2.24, 2.45) is 5.41 Å². The molecule has 1 saturated heterocycles. The lowest BCUT2D eigenvalue weighted by Gasteiger charge is -2.21. The number of nitrogens with zero attached hydrogens (tertiary/aromatic N) is 3. The van der Waals surface area contributed by atoms with Gasteiger partial charge in [-0.2, -0.15) is 0 Å². The predicted molar refractivity (Wildman–Crippen MR) is 99.1 cm³/mol. The molecular weight excluding hydrogens is 348 g/mol. The van der Waals surface area contributed by atoms with Gasteiger partial charge in [-0.3, -0.25) is 4.79 Å². The number of carbonyl (C=O) groups excluding carboxylic acids is 1. The Bertz CT molecular complexity index is 838. The van der Waals surface area contributed by atoms with Crippen LogP contribution < -0.4 is 5.32 Å².